The Balaban J connectivity index is 1.81. The number of aliphatic imine (C=N–C) groups is 1. The maximum absolute atomic E-state index is 12.2. The molecule has 1 N–H and O–H groups in total. The van der Waals surface area contributed by atoms with Crippen LogP contribution in [0, 0.1) is 13.8 Å². The van der Waals surface area contributed by atoms with Gasteiger partial charge in [0.25, 0.3) is 5.91 Å². The van der Waals surface area contributed by atoms with Crippen molar-refractivity contribution in [2.45, 2.75) is 33.6 Å². The third-order valence-electron chi connectivity index (χ3n) is 3.99. The lowest BCUT2D eigenvalue weighted by atomic mass is 10.0. The first-order chi connectivity index (χ1) is 11.9. The highest BCUT2D eigenvalue weighted by molar-refractivity contribution is 8.18. The van der Waals surface area contributed by atoms with E-state index < -0.39 is 0 Å². The number of nitrogens with one attached hydrogen (secondary N) is 1. The molecule has 0 saturated carbocycles. The van der Waals surface area contributed by atoms with Gasteiger partial charge in [-0.25, -0.2) is 4.99 Å². The fourth-order valence-electron chi connectivity index (χ4n) is 2.74. The first-order valence-electron chi connectivity index (χ1n) is 8.38. The molecule has 1 aliphatic rings. The molecule has 0 aromatic heterocycles. The van der Waals surface area contributed by atoms with E-state index in [9.17, 15) is 4.79 Å². The zero-order chi connectivity index (χ0) is 18.0. The third-order valence-corrected chi connectivity index (χ3v) is 4.90. The Bertz CT molecular complexity index is 844. The summed E-state index contributed by atoms with van der Waals surface area (Å²) >= 11 is 1.38. The second kappa shape index (κ2) is 7.28. The molecule has 0 unspecified atom stereocenters. The number of thioether (sulfide) groups is 1. The number of amides is 1. The Hall–Kier alpha value is -2.33. The molecule has 0 radical (unpaired) electrons. The maximum atomic E-state index is 12.2. The molecular weight excluding hydrogens is 328 g/mol. The van der Waals surface area contributed by atoms with Crippen LogP contribution in [0.1, 0.15) is 42.0 Å². The van der Waals surface area contributed by atoms with Gasteiger partial charge in [-0.2, -0.15) is 0 Å². The summed E-state index contributed by atoms with van der Waals surface area (Å²) in [7, 11) is 0. The Kier molecular flexibility index (Phi) is 5.09. The van der Waals surface area contributed by atoms with Gasteiger partial charge < -0.3 is 5.32 Å². The van der Waals surface area contributed by atoms with Crippen molar-refractivity contribution >= 4 is 34.6 Å². The van der Waals surface area contributed by atoms with Crippen molar-refractivity contribution in [2.75, 3.05) is 0 Å². The van der Waals surface area contributed by atoms with Crippen molar-refractivity contribution in [2.24, 2.45) is 4.99 Å². The molecule has 1 saturated heterocycles. The first kappa shape index (κ1) is 17.5. The number of rotatable bonds is 3. The van der Waals surface area contributed by atoms with Crippen molar-refractivity contribution in [3.05, 3.63) is 69.6 Å². The lowest BCUT2D eigenvalue weighted by Gasteiger charge is -2.04. The smallest absolute Gasteiger partial charge is 0.264 e. The van der Waals surface area contributed by atoms with Crippen LogP contribution in [0.2, 0.25) is 0 Å². The number of hydrogen-bond acceptors (Lipinski definition) is 3. The SMILES string of the molecule is Cc1cc(C)cc(N=C2NC(=O)/C(=C/c3ccc(C(C)C)cc3)S2)c1. The van der Waals surface area contributed by atoms with Crippen LogP contribution in [0.3, 0.4) is 0 Å². The molecule has 1 fully saturated rings. The minimum absolute atomic E-state index is 0.0962. The predicted octanol–water partition coefficient (Wildman–Crippen LogP) is 5.32. The quantitative estimate of drug-likeness (QED) is 0.761. The Morgan fingerprint density at radius 1 is 1.04 bits per heavy atom. The standard InChI is InChI=1S/C21H22N2OS/c1-13(2)17-7-5-16(6-8-17)12-19-20(24)23-21(25-19)22-18-10-14(3)9-15(4)11-18/h5-13H,1-4H3,(H,22,23,24)/b19-12-. The molecule has 4 heteroatoms. The van der Waals surface area contributed by atoms with E-state index in [-0.39, 0.29) is 5.91 Å². The zero-order valence-corrected chi connectivity index (χ0v) is 15.8. The molecule has 0 atom stereocenters. The molecule has 0 spiro atoms. The largest absolute Gasteiger partial charge is 0.300 e. The molecule has 1 heterocycles. The van der Waals surface area contributed by atoms with Crippen LogP contribution in [0.15, 0.2) is 52.4 Å². The van der Waals surface area contributed by atoms with Crippen molar-refractivity contribution in [1.29, 1.82) is 0 Å². The van der Waals surface area contributed by atoms with E-state index in [4.69, 9.17) is 0 Å². The lowest BCUT2D eigenvalue weighted by Crippen LogP contribution is -2.19. The van der Waals surface area contributed by atoms with Crippen LogP contribution < -0.4 is 5.32 Å². The molecule has 2 aromatic carbocycles. The summed E-state index contributed by atoms with van der Waals surface area (Å²) in [6.07, 6.45) is 1.91. The summed E-state index contributed by atoms with van der Waals surface area (Å²) in [6.45, 7) is 8.43. The molecule has 128 valence electrons. The van der Waals surface area contributed by atoms with E-state index >= 15 is 0 Å². The minimum Gasteiger partial charge on any atom is -0.300 e. The Morgan fingerprint density at radius 3 is 2.28 bits per heavy atom. The molecule has 2 aromatic rings. The van der Waals surface area contributed by atoms with Crippen LogP contribution in [0.25, 0.3) is 6.08 Å². The number of carbonyl (C=O) groups excluding carboxylic acids is 1. The van der Waals surface area contributed by atoms with Gasteiger partial charge in [-0.1, -0.05) is 44.2 Å². The van der Waals surface area contributed by atoms with Gasteiger partial charge in [0.15, 0.2) is 5.17 Å². The van der Waals surface area contributed by atoms with Crippen LogP contribution in [-0.4, -0.2) is 11.1 Å². The minimum atomic E-state index is -0.0962. The Morgan fingerprint density at radius 2 is 1.68 bits per heavy atom. The second-order valence-corrected chi connectivity index (χ2v) is 7.68. The average Bonchev–Trinajstić information content (AvgIpc) is 2.86. The van der Waals surface area contributed by atoms with Gasteiger partial charge in [0.1, 0.15) is 0 Å². The monoisotopic (exact) mass is 350 g/mol. The van der Waals surface area contributed by atoms with E-state index in [0.29, 0.717) is 16.0 Å². The van der Waals surface area contributed by atoms with E-state index in [1.54, 1.807) is 0 Å². The maximum Gasteiger partial charge on any atom is 0.264 e. The van der Waals surface area contributed by atoms with Crippen LogP contribution in [-0.2, 0) is 4.79 Å². The highest BCUT2D eigenvalue weighted by Crippen LogP contribution is 2.29. The molecule has 0 bridgehead atoms. The summed E-state index contributed by atoms with van der Waals surface area (Å²) in [4.78, 5) is 17.4. The number of hydrogen-bond donors (Lipinski definition) is 1. The summed E-state index contributed by atoms with van der Waals surface area (Å²) in [5.74, 6) is 0.406. The first-order valence-corrected chi connectivity index (χ1v) is 9.20. The van der Waals surface area contributed by atoms with Gasteiger partial charge >= 0.3 is 0 Å². The number of carbonyl (C=O) groups is 1. The van der Waals surface area contributed by atoms with Gasteiger partial charge in [0.2, 0.25) is 0 Å². The van der Waals surface area contributed by atoms with Crippen molar-refractivity contribution in [1.82, 2.24) is 5.32 Å². The lowest BCUT2D eigenvalue weighted by molar-refractivity contribution is -0.115. The number of benzene rings is 2. The van der Waals surface area contributed by atoms with E-state index in [1.807, 2.05) is 32.1 Å². The van der Waals surface area contributed by atoms with Gasteiger partial charge in [0.05, 0.1) is 10.6 Å². The number of aryl methyl sites for hydroxylation is 2. The molecule has 0 aliphatic carbocycles. The van der Waals surface area contributed by atoms with Gasteiger partial charge in [-0.15, -0.1) is 0 Å². The van der Waals surface area contributed by atoms with E-state index in [0.717, 1.165) is 22.4 Å². The molecule has 3 rings (SSSR count). The summed E-state index contributed by atoms with van der Waals surface area (Å²) < 4.78 is 0. The fraction of sp³-hybridized carbons (Fsp3) is 0.238. The average molecular weight is 350 g/mol. The van der Waals surface area contributed by atoms with Crippen LogP contribution >= 0.6 is 11.8 Å². The molecule has 3 nitrogen and oxygen atoms in total. The zero-order valence-electron chi connectivity index (χ0n) is 15.0. The van der Waals surface area contributed by atoms with Crippen molar-refractivity contribution in [3.63, 3.8) is 0 Å². The van der Waals surface area contributed by atoms with E-state index in [2.05, 4.69) is 54.5 Å². The van der Waals surface area contributed by atoms with Crippen LogP contribution in [0.5, 0.6) is 0 Å². The highest BCUT2D eigenvalue weighted by atomic mass is 32.2. The molecule has 25 heavy (non-hydrogen) atoms. The third kappa shape index (κ3) is 4.40. The normalized spacial score (nSPS) is 17.6. The van der Waals surface area contributed by atoms with Gasteiger partial charge in [-0.3, -0.25) is 4.79 Å². The van der Waals surface area contributed by atoms with E-state index in [1.165, 1.54) is 17.3 Å². The highest BCUT2D eigenvalue weighted by Gasteiger charge is 2.23. The fourth-order valence-corrected chi connectivity index (χ4v) is 3.58. The molecular formula is C21H22N2OS. The van der Waals surface area contributed by atoms with Crippen molar-refractivity contribution in [3.8, 4) is 0 Å². The summed E-state index contributed by atoms with van der Waals surface area (Å²) in [5, 5.41) is 3.47. The molecule has 1 aliphatic heterocycles. The summed E-state index contributed by atoms with van der Waals surface area (Å²) in [5.41, 5.74) is 5.50. The predicted molar refractivity (Wildman–Crippen MR) is 107 cm³/mol. The summed E-state index contributed by atoms with van der Waals surface area (Å²) in [6, 6.07) is 14.5. The number of nitrogens with zero attached hydrogens (tertiary/aromatic N) is 1. The Labute approximate surface area is 153 Å². The van der Waals surface area contributed by atoms with Crippen molar-refractivity contribution < 1.29 is 4.79 Å². The molecule has 1 amide bonds. The van der Waals surface area contributed by atoms with Gasteiger partial charge in [-0.05, 0) is 72.0 Å². The second-order valence-electron chi connectivity index (χ2n) is 6.65. The van der Waals surface area contributed by atoms with Gasteiger partial charge in [0, 0.05) is 0 Å². The topological polar surface area (TPSA) is 41.5 Å². The number of amidine groups is 1. The van der Waals surface area contributed by atoms with Crippen LogP contribution in [0.4, 0.5) is 5.69 Å².